The molecule has 0 fully saturated rings. The molecule has 0 aromatic rings. The molecule has 0 aliphatic heterocycles. The summed E-state index contributed by atoms with van der Waals surface area (Å²) in [5, 5.41) is 0.0947. The molecule has 1 nitrogen and oxygen atoms in total. The Morgan fingerprint density at radius 1 is 1.00 bits per heavy atom. The van der Waals surface area contributed by atoms with Crippen molar-refractivity contribution < 1.29 is 4.79 Å². The van der Waals surface area contributed by atoms with Crippen molar-refractivity contribution in [2.45, 2.75) is 72.1 Å². The van der Waals surface area contributed by atoms with Gasteiger partial charge in [0.2, 0.25) is 0 Å². The molecule has 0 saturated carbocycles. The second-order valence-corrected chi connectivity index (χ2v) is 5.65. The van der Waals surface area contributed by atoms with Gasteiger partial charge >= 0.3 is 0 Å². The molecule has 0 bridgehead atoms. The second kappa shape index (κ2) is 10.2. The largest absolute Gasteiger partial charge is 0.287 e. The number of hydrogen-bond acceptors (Lipinski definition) is 1. The SMILES string of the molecule is CCCCC(CCCCCC(C)C)C(=O)S. The Morgan fingerprint density at radius 3 is 2.06 bits per heavy atom. The van der Waals surface area contributed by atoms with Crippen LogP contribution in [0.3, 0.4) is 0 Å². The summed E-state index contributed by atoms with van der Waals surface area (Å²) in [4.78, 5) is 11.3. The first kappa shape index (κ1) is 16.0. The summed E-state index contributed by atoms with van der Waals surface area (Å²) in [5.41, 5.74) is 0. The highest BCUT2D eigenvalue weighted by Gasteiger charge is 2.13. The molecule has 0 saturated heterocycles. The second-order valence-electron chi connectivity index (χ2n) is 5.21. The van der Waals surface area contributed by atoms with E-state index in [9.17, 15) is 4.79 Å². The van der Waals surface area contributed by atoms with Gasteiger partial charge in [-0.05, 0) is 18.8 Å². The predicted octanol–water partition coefficient (Wildman–Crippen LogP) is 4.86. The molecule has 0 aliphatic carbocycles. The number of rotatable bonds is 10. The fourth-order valence-electron chi connectivity index (χ4n) is 1.96. The van der Waals surface area contributed by atoms with Crippen LogP contribution in [0.1, 0.15) is 72.1 Å². The van der Waals surface area contributed by atoms with E-state index in [0.29, 0.717) is 0 Å². The van der Waals surface area contributed by atoms with E-state index in [1.165, 1.54) is 32.1 Å². The molecule has 2 heteroatoms. The monoisotopic (exact) mass is 244 g/mol. The molecule has 96 valence electrons. The minimum atomic E-state index is 0.0947. The van der Waals surface area contributed by atoms with Crippen LogP contribution >= 0.6 is 12.6 Å². The highest BCUT2D eigenvalue weighted by molar-refractivity contribution is 7.96. The van der Waals surface area contributed by atoms with E-state index >= 15 is 0 Å². The van der Waals surface area contributed by atoms with Gasteiger partial charge in [0.1, 0.15) is 0 Å². The minimum Gasteiger partial charge on any atom is -0.287 e. The predicted molar refractivity (Wildman–Crippen MR) is 74.9 cm³/mol. The third-order valence-corrected chi connectivity index (χ3v) is 3.45. The molecule has 1 atom stereocenters. The summed E-state index contributed by atoms with van der Waals surface area (Å²) in [7, 11) is 0. The van der Waals surface area contributed by atoms with E-state index in [-0.39, 0.29) is 11.0 Å². The highest BCUT2D eigenvalue weighted by Crippen LogP contribution is 2.20. The molecular formula is C14H28OS. The molecule has 0 N–H and O–H groups in total. The maximum Gasteiger partial charge on any atom is 0.188 e. The van der Waals surface area contributed by atoms with Crippen molar-refractivity contribution >= 4 is 17.7 Å². The molecule has 0 spiro atoms. The molecule has 0 radical (unpaired) electrons. The van der Waals surface area contributed by atoms with Crippen LogP contribution in [0.25, 0.3) is 0 Å². The van der Waals surface area contributed by atoms with E-state index in [2.05, 4.69) is 33.4 Å². The summed E-state index contributed by atoms with van der Waals surface area (Å²) < 4.78 is 0. The minimum absolute atomic E-state index is 0.0947. The Hall–Kier alpha value is 0.0200. The van der Waals surface area contributed by atoms with Crippen molar-refractivity contribution in [1.29, 1.82) is 0 Å². The van der Waals surface area contributed by atoms with Crippen molar-refractivity contribution in [3.63, 3.8) is 0 Å². The number of hydrogen-bond donors (Lipinski definition) is 1. The Morgan fingerprint density at radius 2 is 1.56 bits per heavy atom. The van der Waals surface area contributed by atoms with Crippen molar-refractivity contribution in [2.75, 3.05) is 0 Å². The van der Waals surface area contributed by atoms with Gasteiger partial charge in [-0.2, -0.15) is 0 Å². The Bertz CT molecular complexity index is 178. The Balaban J connectivity index is 3.56. The van der Waals surface area contributed by atoms with E-state index < -0.39 is 0 Å². The van der Waals surface area contributed by atoms with E-state index in [0.717, 1.165) is 25.2 Å². The summed E-state index contributed by atoms with van der Waals surface area (Å²) in [6.07, 6.45) is 9.47. The van der Waals surface area contributed by atoms with Crippen LogP contribution in [-0.2, 0) is 4.79 Å². The van der Waals surface area contributed by atoms with Crippen LogP contribution in [0.5, 0.6) is 0 Å². The van der Waals surface area contributed by atoms with E-state index in [1.54, 1.807) is 0 Å². The Kier molecular flexibility index (Phi) is 10.2. The molecule has 0 aromatic heterocycles. The summed E-state index contributed by atoms with van der Waals surface area (Å²) >= 11 is 3.98. The normalized spacial score (nSPS) is 13.1. The lowest BCUT2D eigenvalue weighted by molar-refractivity contribution is -0.114. The van der Waals surface area contributed by atoms with Gasteiger partial charge in [0.05, 0.1) is 0 Å². The highest BCUT2D eigenvalue weighted by atomic mass is 32.1. The zero-order valence-electron chi connectivity index (χ0n) is 11.2. The number of thiol groups is 1. The average Bonchev–Trinajstić information content (AvgIpc) is 2.21. The first-order chi connectivity index (χ1) is 7.57. The zero-order chi connectivity index (χ0) is 12.4. The van der Waals surface area contributed by atoms with Crippen LogP contribution in [0.2, 0.25) is 0 Å². The van der Waals surface area contributed by atoms with E-state index in [1.807, 2.05) is 0 Å². The van der Waals surface area contributed by atoms with Crippen LogP contribution in [0.4, 0.5) is 0 Å². The van der Waals surface area contributed by atoms with Crippen molar-refractivity contribution in [2.24, 2.45) is 11.8 Å². The molecule has 0 rings (SSSR count). The smallest absolute Gasteiger partial charge is 0.188 e. The third-order valence-electron chi connectivity index (χ3n) is 3.09. The van der Waals surface area contributed by atoms with Crippen LogP contribution in [-0.4, -0.2) is 5.12 Å². The number of unbranched alkanes of at least 4 members (excludes halogenated alkanes) is 3. The Labute approximate surface area is 107 Å². The van der Waals surface area contributed by atoms with Gasteiger partial charge in [0, 0.05) is 5.92 Å². The lowest BCUT2D eigenvalue weighted by Crippen LogP contribution is -2.08. The number of carbonyl (C=O) groups excluding carboxylic acids is 1. The van der Waals surface area contributed by atoms with Gasteiger partial charge < -0.3 is 0 Å². The molecule has 0 aromatic carbocycles. The molecule has 16 heavy (non-hydrogen) atoms. The molecule has 0 aliphatic rings. The fourth-order valence-corrected chi connectivity index (χ4v) is 2.22. The first-order valence-corrected chi connectivity index (χ1v) is 7.25. The quantitative estimate of drug-likeness (QED) is 0.429. The lowest BCUT2D eigenvalue weighted by atomic mass is 9.95. The third kappa shape index (κ3) is 9.26. The maximum absolute atomic E-state index is 11.3. The molecule has 1 unspecified atom stereocenters. The van der Waals surface area contributed by atoms with Crippen LogP contribution in [0, 0.1) is 11.8 Å². The molecular weight excluding hydrogens is 216 g/mol. The lowest BCUT2D eigenvalue weighted by Gasteiger charge is -2.12. The van der Waals surface area contributed by atoms with Crippen molar-refractivity contribution in [3.8, 4) is 0 Å². The fraction of sp³-hybridized carbons (Fsp3) is 0.929. The van der Waals surface area contributed by atoms with Gasteiger partial charge in [-0.1, -0.05) is 59.3 Å². The maximum atomic E-state index is 11.3. The summed E-state index contributed by atoms with van der Waals surface area (Å²) in [5.74, 6) is 1.02. The van der Waals surface area contributed by atoms with Gasteiger partial charge in [0.15, 0.2) is 5.12 Å². The van der Waals surface area contributed by atoms with Gasteiger partial charge in [-0.15, -0.1) is 12.6 Å². The molecule has 0 amide bonds. The number of carbonyl (C=O) groups is 1. The van der Waals surface area contributed by atoms with Crippen LogP contribution < -0.4 is 0 Å². The van der Waals surface area contributed by atoms with Gasteiger partial charge in [-0.25, -0.2) is 0 Å². The van der Waals surface area contributed by atoms with Gasteiger partial charge in [-0.3, -0.25) is 4.79 Å². The topological polar surface area (TPSA) is 17.1 Å². The van der Waals surface area contributed by atoms with Gasteiger partial charge in [0.25, 0.3) is 0 Å². The summed E-state index contributed by atoms with van der Waals surface area (Å²) in [6, 6.07) is 0. The van der Waals surface area contributed by atoms with Crippen LogP contribution in [0.15, 0.2) is 0 Å². The molecule has 0 heterocycles. The van der Waals surface area contributed by atoms with E-state index in [4.69, 9.17) is 0 Å². The zero-order valence-corrected chi connectivity index (χ0v) is 12.1. The van der Waals surface area contributed by atoms with Crippen molar-refractivity contribution in [1.82, 2.24) is 0 Å². The summed E-state index contributed by atoms with van der Waals surface area (Å²) in [6.45, 7) is 6.70. The standard InChI is InChI=1S/C14H28OS/c1-4-5-10-13(14(15)16)11-8-6-7-9-12(2)3/h12-13H,4-11H2,1-3H3,(H,15,16). The van der Waals surface area contributed by atoms with Crippen molar-refractivity contribution in [3.05, 3.63) is 0 Å². The average molecular weight is 244 g/mol. The first-order valence-electron chi connectivity index (χ1n) is 6.80.